The summed E-state index contributed by atoms with van der Waals surface area (Å²) in [7, 11) is 0. The molecule has 66 heavy (non-hydrogen) atoms. The zero-order chi connectivity index (χ0) is 49.0. The van der Waals surface area contributed by atoms with Gasteiger partial charge in [0.05, 0.1) is 39.6 Å². The molecule has 12 heteroatoms. The van der Waals surface area contributed by atoms with Crippen LogP contribution < -0.4 is 14.2 Å². The van der Waals surface area contributed by atoms with Gasteiger partial charge in [-0.3, -0.25) is 14.4 Å². The van der Waals surface area contributed by atoms with Gasteiger partial charge in [-0.25, -0.2) is 0 Å². The van der Waals surface area contributed by atoms with Crippen LogP contribution in [0.5, 0.6) is 17.2 Å². The van der Waals surface area contributed by atoms with E-state index < -0.39 is 0 Å². The Morgan fingerprint density at radius 2 is 0.576 bits per heavy atom. The van der Waals surface area contributed by atoms with Gasteiger partial charge in [0.25, 0.3) is 17.7 Å². The zero-order valence-electron chi connectivity index (χ0n) is 43.1. The molecule has 0 atom stereocenters. The molecule has 0 radical (unpaired) electrons. The number of rotatable bonds is 15. The Kier molecular flexibility index (Phi) is 19.5. The third kappa shape index (κ3) is 14.4. The highest BCUT2D eigenvalue weighted by molar-refractivity contribution is 5.79. The SMILES string of the molecule is CCN(CC)C(=O)COc1c2cc(C(C)(C)C)cc1COCc1cc(C(C)(C)C)cc(c1OCC(=O)N(CC)CC)COCc1cc(C(C)(C)C)cc(c1OCC(=O)N(CC)CC)COC2. The third-order valence-corrected chi connectivity index (χ3v) is 12.2. The fourth-order valence-corrected chi connectivity index (χ4v) is 7.98. The fourth-order valence-electron chi connectivity index (χ4n) is 7.98. The van der Waals surface area contributed by atoms with Crippen LogP contribution in [0.1, 0.15) is 154 Å². The van der Waals surface area contributed by atoms with E-state index in [9.17, 15) is 14.4 Å². The minimum atomic E-state index is -0.251. The maximum atomic E-state index is 13.5. The molecule has 0 saturated carbocycles. The van der Waals surface area contributed by atoms with Gasteiger partial charge in [0.1, 0.15) is 17.2 Å². The smallest absolute Gasteiger partial charge is 0.260 e. The molecule has 0 N–H and O–H groups in total. The molecule has 0 fully saturated rings. The van der Waals surface area contributed by atoms with E-state index in [0.29, 0.717) is 56.5 Å². The number of nitrogens with zero attached hydrogens (tertiary/aromatic N) is 3. The second-order valence-electron chi connectivity index (χ2n) is 20.2. The monoisotopic (exact) mass is 916 g/mol. The number of ether oxygens (including phenoxy) is 6. The van der Waals surface area contributed by atoms with Crippen LogP contribution in [0.25, 0.3) is 0 Å². The zero-order valence-corrected chi connectivity index (χ0v) is 43.1. The molecule has 3 amide bonds. The standard InChI is InChI=1S/C54H81N3O9/c1-16-55(17-2)46(58)34-64-49-37-22-43(52(7,8)9)23-38(49)29-62-31-40-25-45(54(13,14)15)27-42(51(40)66-36-48(60)57(20-5)21-6)33-63-32-41-26-44(53(10,11)12)24-39(30-61-28-37)50(41)65-35-47(59)56(18-3)19-4/h22-27H,16-21,28-36H2,1-15H3. The molecule has 0 spiro atoms. The van der Waals surface area contributed by atoms with E-state index in [2.05, 4.69) is 98.7 Å². The lowest BCUT2D eigenvalue weighted by Crippen LogP contribution is -2.34. The number of hydrogen-bond donors (Lipinski definition) is 0. The molecule has 0 aromatic heterocycles. The summed E-state index contributed by atoms with van der Waals surface area (Å²) < 4.78 is 39.6. The van der Waals surface area contributed by atoms with Crippen LogP contribution >= 0.6 is 0 Å². The van der Waals surface area contributed by atoms with Crippen molar-refractivity contribution in [3.8, 4) is 17.2 Å². The number of benzene rings is 3. The average molecular weight is 916 g/mol. The maximum Gasteiger partial charge on any atom is 0.260 e. The second kappa shape index (κ2) is 23.9. The van der Waals surface area contributed by atoms with Crippen LogP contribution in [0.2, 0.25) is 0 Å². The van der Waals surface area contributed by atoms with Crippen LogP contribution in [0, 0.1) is 0 Å². The van der Waals surface area contributed by atoms with Crippen molar-refractivity contribution in [1.82, 2.24) is 14.7 Å². The van der Waals surface area contributed by atoms with Gasteiger partial charge in [-0.2, -0.15) is 0 Å². The summed E-state index contributed by atoms with van der Waals surface area (Å²) in [5, 5.41) is 0. The van der Waals surface area contributed by atoms with E-state index in [-0.39, 0.29) is 93.4 Å². The van der Waals surface area contributed by atoms with E-state index in [1.807, 2.05) is 41.5 Å². The largest absolute Gasteiger partial charge is 0.483 e. The highest BCUT2D eigenvalue weighted by atomic mass is 16.5. The Balaban J connectivity index is 2.00. The number of carbonyl (C=O) groups excluding carboxylic acids is 3. The normalized spacial score (nSPS) is 13.9. The van der Waals surface area contributed by atoms with Crippen molar-refractivity contribution in [3.05, 3.63) is 86.5 Å². The Morgan fingerprint density at radius 3 is 0.727 bits per heavy atom. The average Bonchev–Trinajstić information content (AvgIpc) is 3.24. The molecule has 0 unspecified atom stereocenters. The van der Waals surface area contributed by atoms with Crippen molar-refractivity contribution >= 4 is 17.7 Å². The minimum Gasteiger partial charge on any atom is -0.483 e. The number of amides is 3. The van der Waals surface area contributed by atoms with Crippen molar-refractivity contribution in [2.75, 3.05) is 59.1 Å². The van der Waals surface area contributed by atoms with Crippen LogP contribution in [0.3, 0.4) is 0 Å². The van der Waals surface area contributed by atoms with Gasteiger partial charge in [-0.1, -0.05) is 62.3 Å². The predicted octanol–water partition coefficient (Wildman–Crippen LogP) is 9.78. The molecule has 1 heterocycles. The van der Waals surface area contributed by atoms with Crippen LogP contribution in [-0.2, 0) is 84.5 Å². The lowest BCUT2D eigenvalue weighted by atomic mass is 9.84. The van der Waals surface area contributed by atoms with Crippen molar-refractivity contribution < 1.29 is 42.8 Å². The topological polar surface area (TPSA) is 116 Å². The van der Waals surface area contributed by atoms with Crippen molar-refractivity contribution in [2.24, 2.45) is 0 Å². The van der Waals surface area contributed by atoms with E-state index >= 15 is 0 Å². The molecule has 4 rings (SSSR count). The number of fused-ring (bicyclic) bond motifs is 6. The minimum absolute atomic E-state index is 0.115. The summed E-state index contributed by atoms with van der Waals surface area (Å²) in [5.74, 6) is 1.26. The van der Waals surface area contributed by atoms with E-state index in [1.54, 1.807) is 14.7 Å². The van der Waals surface area contributed by atoms with E-state index in [4.69, 9.17) is 28.4 Å². The Labute approximate surface area is 396 Å². The summed E-state index contributed by atoms with van der Waals surface area (Å²) in [6.07, 6.45) is 0. The fraction of sp³-hybridized carbons (Fsp3) is 0.611. The maximum absolute atomic E-state index is 13.5. The lowest BCUT2D eigenvalue weighted by Gasteiger charge is -2.27. The van der Waals surface area contributed by atoms with Gasteiger partial charge in [0.15, 0.2) is 19.8 Å². The number of likely N-dealkylation sites (N-methyl/N-ethyl adjacent to an activating group) is 3. The van der Waals surface area contributed by atoms with E-state index in [1.165, 1.54) is 0 Å². The highest BCUT2D eigenvalue weighted by Gasteiger charge is 2.27. The second-order valence-corrected chi connectivity index (χ2v) is 20.2. The van der Waals surface area contributed by atoms with Gasteiger partial charge in [0, 0.05) is 72.6 Å². The molecular formula is C54H81N3O9. The van der Waals surface area contributed by atoms with Crippen LogP contribution in [-0.4, -0.2) is 91.5 Å². The Bertz CT molecular complexity index is 1790. The number of hydrogen-bond acceptors (Lipinski definition) is 9. The quantitative estimate of drug-likeness (QED) is 0.147. The van der Waals surface area contributed by atoms with Crippen LogP contribution in [0.15, 0.2) is 36.4 Å². The first kappa shape index (κ1) is 54.0. The van der Waals surface area contributed by atoms with Gasteiger partial charge < -0.3 is 43.1 Å². The lowest BCUT2D eigenvalue weighted by molar-refractivity contribution is -0.133. The molecule has 6 bridgehead atoms. The summed E-state index contributed by atoms with van der Waals surface area (Å²) in [5.41, 5.74) is 7.08. The first-order valence-electron chi connectivity index (χ1n) is 24.0. The highest BCUT2D eigenvalue weighted by Crippen LogP contribution is 2.38. The van der Waals surface area contributed by atoms with Crippen molar-refractivity contribution in [3.63, 3.8) is 0 Å². The molecule has 0 aliphatic carbocycles. The molecule has 3 aromatic carbocycles. The number of carbonyl (C=O) groups is 3. The van der Waals surface area contributed by atoms with Gasteiger partial charge in [-0.05, 0) is 111 Å². The van der Waals surface area contributed by atoms with Crippen molar-refractivity contribution in [1.29, 1.82) is 0 Å². The molecule has 366 valence electrons. The van der Waals surface area contributed by atoms with Gasteiger partial charge in [0.2, 0.25) is 0 Å². The molecule has 0 saturated heterocycles. The predicted molar refractivity (Wildman–Crippen MR) is 261 cm³/mol. The molecule has 1 aliphatic rings. The third-order valence-electron chi connectivity index (χ3n) is 12.2. The summed E-state index contributed by atoms with van der Waals surface area (Å²) in [4.78, 5) is 45.6. The summed E-state index contributed by atoms with van der Waals surface area (Å²) >= 11 is 0. The first-order chi connectivity index (χ1) is 31.1. The first-order valence-corrected chi connectivity index (χ1v) is 24.0. The van der Waals surface area contributed by atoms with Gasteiger partial charge in [-0.15, -0.1) is 0 Å². The van der Waals surface area contributed by atoms with Crippen LogP contribution in [0.4, 0.5) is 0 Å². The Morgan fingerprint density at radius 1 is 0.394 bits per heavy atom. The summed E-state index contributed by atoms with van der Waals surface area (Å²) in [6.45, 7) is 35.1. The molecule has 3 aromatic rings. The molecular weight excluding hydrogens is 835 g/mol. The summed E-state index contributed by atoms with van der Waals surface area (Å²) in [6, 6.07) is 12.6. The Hall–Kier alpha value is -4.65. The van der Waals surface area contributed by atoms with Gasteiger partial charge >= 0.3 is 0 Å². The molecule has 1 aliphatic heterocycles. The molecule has 12 nitrogen and oxygen atoms in total. The van der Waals surface area contributed by atoms with E-state index in [0.717, 1.165) is 50.1 Å². The van der Waals surface area contributed by atoms with Crippen molar-refractivity contribution in [2.45, 2.75) is 160 Å².